The van der Waals surface area contributed by atoms with Crippen LogP contribution in [0, 0.1) is 0 Å². The summed E-state index contributed by atoms with van der Waals surface area (Å²) >= 11 is 0. The molecule has 0 spiro atoms. The molecular weight excluding hydrogens is 1420 g/mol. The van der Waals surface area contributed by atoms with Gasteiger partial charge in [-0.25, -0.2) is 0 Å². The first-order valence-corrected chi connectivity index (χ1v) is 43.2. The van der Waals surface area contributed by atoms with Crippen LogP contribution in [0.5, 0.6) is 0 Å². The van der Waals surface area contributed by atoms with Gasteiger partial charge in [-0.3, -0.25) is 24.0 Å². The summed E-state index contributed by atoms with van der Waals surface area (Å²) in [7, 11) is 0. The van der Waals surface area contributed by atoms with E-state index in [2.05, 4.69) is 95.4 Å². The van der Waals surface area contributed by atoms with Crippen molar-refractivity contribution in [3.8, 4) is 0 Å². The topological polar surface area (TPSA) is 186 Å². The van der Waals surface area contributed by atoms with Crippen LogP contribution in [-0.2, 0) is 46.4 Å². The Hall–Kier alpha value is -3.21. The van der Waals surface area contributed by atoms with Crippen molar-refractivity contribution < 1.29 is 71.9 Å². The summed E-state index contributed by atoms with van der Waals surface area (Å²) in [4.78, 5) is 51.6. The third-order valence-electron chi connectivity index (χ3n) is 18.3. The number of aliphatic carboxylic acids is 5. The Labute approximate surface area is 642 Å². The molecule has 0 aromatic rings. The van der Waals surface area contributed by atoms with Crippen molar-refractivity contribution in [3.63, 3.8) is 0 Å². The molecule has 101 heavy (non-hydrogen) atoms. The molecule has 595 valence electrons. The molecule has 0 rings (SSSR count). The fourth-order valence-electron chi connectivity index (χ4n) is 11.7. The number of carboxylic acids is 5. The summed E-state index contributed by atoms with van der Waals surface area (Å²) in [6.45, 7) is 11.3. The minimum atomic E-state index is -0.664. The van der Waals surface area contributed by atoms with Gasteiger partial charge in [0.2, 0.25) is 0 Å². The summed E-state index contributed by atoms with van der Waals surface area (Å²) in [5, 5.41) is 42.5. The minimum Gasteiger partial charge on any atom is -0.481 e. The normalized spacial score (nSPS) is 11.1. The van der Waals surface area contributed by atoms with Crippen LogP contribution in [-0.4, -0.2) is 55.4 Å². The van der Waals surface area contributed by atoms with E-state index in [-0.39, 0.29) is 22.4 Å². The maximum Gasteiger partial charge on any atom is 0.303 e. The molecule has 0 saturated heterocycles. The predicted octanol–water partition coefficient (Wildman–Crippen LogP) is 30.5. The van der Waals surface area contributed by atoms with Crippen molar-refractivity contribution in [2.45, 2.75) is 484 Å². The smallest absolute Gasteiger partial charge is 0.303 e. The number of hydrogen-bond acceptors (Lipinski definition) is 5. The molecular formula is C90H170O10Ta. The molecule has 0 aromatic heterocycles. The van der Waals surface area contributed by atoms with E-state index >= 15 is 0 Å². The Morgan fingerprint density at radius 1 is 0.158 bits per heavy atom. The number of carbonyl (C=O) groups is 5. The van der Waals surface area contributed by atoms with Gasteiger partial charge in [0.05, 0.1) is 0 Å². The third kappa shape index (κ3) is 130. The van der Waals surface area contributed by atoms with Crippen molar-refractivity contribution >= 4 is 29.8 Å². The van der Waals surface area contributed by atoms with E-state index in [0.717, 1.165) is 64.2 Å². The van der Waals surface area contributed by atoms with Crippen LogP contribution >= 0.6 is 0 Å². The van der Waals surface area contributed by atoms with E-state index in [9.17, 15) is 24.0 Å². The first kappa shape index (κ1) is 109. The van der Waals surface area contributed by atoms with Gasteiger partial charge in [0.15, 0.2) is 0 Å². The molecule has 0 unspecified atom stereocenters. The molecule has 11 heteroatoms. The molecule has 0 aromatic carbocycles. The molecule has 0 bridgehead atoms. The van der Waals surface area contributed by atoms with Gasteiger partial charge in [0, 0.05) is 54.5 Å². The first-order chi connectivity index (χ1) is 48.9. The molecule has 1 radical (unpaired) electrons. The molecule has 0 saturated carbocycles. The maximum atomic E-state index is 10.3. The Balaban J connectivity index is -0.000000279. The van der Waals surface area contributed by atoms with Gasteiger partial charge in [-0.1, -0.05) is 352 Å². The van der Waals surface area contributed by atoms with Gasteiger partial charge < -0.3 is 25.5 Å². The van der Waals surface area contributed by atoms with E-state index in [1.165, 1.54) is 353 Å². The third-order valence-corrected chi connectivity index (χ3v) is 18.3. The Morgan fingerprint density at radius 2 is 0.248 bits per heavy atom. The van der Waals surface area contributed by atoms with E-state index in [1.54, 1.807) is 0 Å². The van der Waals surface area contributed by atoms with Crippen LogP contribution in [0.2, 0.25) is 0 Å². The number of hydrogen-bond donors (Lipinski definition) is 5. The molecule has 0 aliphatic rings. The van der Waals surface area contributed by atoms with Crippen LogP contribution in [0.3, 0.4) is 0 Å². The van der Waals surface area contributed by atoms with Crippen molar-refractivity contribution in [2.24, 2.45) is 0 Å². The van der Waals surface area contributed by atoms with Crippen molar-refractivity contribution in [1.29, 1.82) is 0 Å². The van der Waals surface area contributed by atoms with Crippen molar-refractivity contribution in [3.05, 3.63) is 60.8 Å². The zero-order valence-electron chi connectivity index (χ0n) is 67.5. The Kier molecular flexibility index (Phi) is 113. The van der Waals surface area contributed by atoms with Crippen LogP contribution in [0.25, 0.3) is 0 Å². The molecule has 5 N–H and O–H groups in total. The number of unbranched alkanes of at least 4 members (excludes halogenated alkanes) is 55. The second-order valence-electron chi connectivity index (χ2n) is 28.6. The molecule has 0 fully saturated rings. The van der Waals surface area contributed by atoms with E-state index < -0.39 is 29.8 Å². The fourth-order valence-corrected chi connectivity index (χ4v) is 11.7. The van der Waals surface area contributed by atoms with Crippen molar-refractivity contribution in [2.75, 3.05) is 0 Å². The van der Waals surface area contributed by atoms with Crippen LogP contribution in [0.15, 0.2) is 60.8 Å². The zero-order valence-corrected chi connectivity index (χ0v) is 70.7. The Bertz CT molecular complexity index is 1470. The fraction of sp³-hybridized carbons (Fsp3) is 0.833. The van der Waals surface area contributed by atoms with Gasteiger partial charge >= 0.3 is 29.8 Å². The maximum absolute atomic E-state index is 10.3. The number of carboxylic acid groups (broad SMARTS) is 5. The molecule has 0 amide bonds. The molecule has 0 heterocycles. The largest absolute Gasteiger partial charge is 0.481 e. The van der Waals surface area contributed by atoms with Gasteiger partial charge in [-0.15, -0.1) is 0 Å². The van der Waals surface area contributed by atoms with Crippen LogP contribution < -0.4 is 0 Å². The average Bonchev–Trinajstić information content (AvgIpc) is 3.67. The van der Waals surface area contributed by atoms with E-state index in [4.69, 9.17) is 25.5 Å². The van der Waals surface area contributed by atoms with Crippen LogP contribution in [0.4, 0.5) is 0 Å². The number of allylic oxidation sites excluding steroid dienone is 10. The summed E-state index contributed by atoms with van der Waals surface area (Å²) in [5.41, 5.74) is 0. The summed E-state index contributed by atoms with van der Waals surface area (Å²) in [6.07, 6.45) is 106. The average molecular weight is 1590 g/mol. The van der Waals surface area contributed by atoms with Crippen molar-refractivity contribution in [1.82, 2.24) is 0 Å². The van der Waals surface area contributed by atoms with Crippen LogP contribution in [0.1, 0.15) is 484 Å². The van der Waals surface area contributed by atoms with Gasteiger partial charge in [0.25, 0.3) is 0 Å². The van der Waals surface area contributed by atoms with E-state index in [1.807, 2.05) is 0 Å². The molecule has 0 aliphatic carbocycles. The zero-order chi connectivity index (χ0) is 74.5. The van der Waals surface area contributed by atoms with Gasteiger partial charge in [0.1, 0.15) is 0 Å². The standard InChI is InChI=1S/5C18H34O2.Ta/c5*1-2-3-4-5-6-7-8-9-10-11-12-13-14-15-16-17-18(19)20;/h5*9-10H,2-8,11-17H2,1H3,(H,19,20);/b5*10-9-;. The molecule has 0 atom stereocenters. The summed E-state index contributed by atoms with van der Waals surface area (Å²) < 4.78 is 0. The van der Waals surface area contributed by atoms with Gasteiger partial charge in [-0.2, -0.15) is 0 Å². The summed E-state index contributed by atoms with van der Waals surface area (Å²) in [5.74, 6) is -3.32. The molecule has 10 nitrogen and oxygen atoms in total. The SMILES string of the molecule is CCCCCCCC/C=C\CCCCCCCC(=O)O.CCCCCCCC/C=C\CCCCCCCC(=O)O.CCCCCCCC/C=C\CCCCCCCC(=O)O.CCCCCCCC/C=C\CCCCCCCC(=O)O.CCCCCCCC/C=C\CCCCCCCC(=O)O.[Ta]. The Morgan fingerprint density at radius 3 is 0.347 bits per heavy atom. The second kappa shape index (κ2) is 105. The number of rotatable bonds is 75. The van der Waals surface area contributed by atoms with E-state index in [0.29, 0.717) is 32.1 Å². The minimum absolute atomic E-state index is 0. The van der Waals surface area contributed by atoms with Gasteiger partial charge in [-0.05, 0) is 161 Å². The quantitative estimate of drug-likeness (QED) is 0.0290. The molecule has 0 aliphatic heterocycles. The monoisotopic (exact) mass is 1590 g/mol. The predicted molar refractivity (Wildman–Crippen MR) is 435 cm³/mol. The first-order valence-electron chi connectivity index (χ1n) is 43.2. The summed E-state index contributed by atoms with van der Waals surface area (Å²) in [6, 6.07) is 0. The second-order valence-corrected chi connectivity index (χ2v) is 28.6.